The molecule has 25 heavy (non-hydrogen) atoms. The standard InChI is InChI=1S/C18H28N4S2.HI/c1-18(2,3)15-13-24-16(21-15)8-10-20-17(19-4)22(5)11-9-14-7-6-12-23-14;/h6-7,12-13H,8-11H2,1-5H3,(H,19,20);1H. The largest absolute Gasteiger partial charge is 0.356 e. The summed E-state index contributed by atoms with van der Waals surface area (Å²) >= 11 is 3.56. The highest BCUT2D eigenvalue weighted by Crippen LogP contribution is 2.23. The Bertz CT molecular complexity index is 644. The van der Waals surface area contributed by atoms with E-state index in [2.05, 4.69) is 65.9 Å². The van der Waals surface area contributed by atoms with E-state index in [1.54, 1.807) is 11.3 Å². The van der Waals surface area contributed by atoms with Crippen LogP contribution < -0.4 is 5.32 Å². The smallest absolute Gasteiger partial charge is 0.193 e. The van der Waals surface area contributed by atoms with Crippen molar-refractivity contribution >= 4 is 52.6 Å². The van der Waals surface area contributed by atoms with Gasteiger partial charge >= 0.3 is 0 Å². The van der Waals surface area contributed by atoms with E-state index in [4.69, 9.17) is 4.98 Å². The Hall–Kier alpha value is -0.670. The lowest BCUT2D eigenvalue weighted by Crippen LogP contribution is -2.40. The topological polar surface area (TPSA) is 40.5 Å². The molecule has 140 valence electrons. The van der Waals surface area contributed by atoms with E-state index in [1.165, 1.54) is 15.6 Å². The molecule has 0 unspecified atom stereocenters. The number of rotatable bonds is 6. The molecule has 0 aliphatic carbocycles. The molecular formula is C18H29IN4S2. The monoisotopic (exact) mass is 492 g/mol. The van der Waals surface area contributed by atoms with Crippen LogP contribution in [0.3, 0.4) is 0 Å². The van der Waals surface area contributed by atoms with Crippen LogP contribution in [-0.4, -0.2) is 43.0 Å². The van der Waals surface area contributed by atoms with Gasteiger partial charge in [0.1, 0.15) is 0 Å². The molecule has 4 nitrogen and oxygen atoms in total. The second-order valence-electron chi connectivity index (χ2n) is 6.85. The normalized spacial score (nSPS) is 12.0. The number of guanidine groups is 1. The maximum atomic E-state index is 4.75. The molecule has 1 N–H and O–H groups in total. The Kier molecular flexibility index (Phi) is 9.37. The van der Waals surface area contributed by atoms with Gasteiger partial charge in [0, 0.05) is 49.3 Å². The summed E-state index contributed by atoms with van der Waals surface area (Å²) in [6, 6.07) is 4.29. The van der Waals surface area contributed by atoms with Crippen molar-refractivity contribution in [3.63, 3.8) is 0 Å². The first-order chi connectivity index (χ1) is 11.4. The Balaban J connectivity index is 0.00000312. The minimum absolute atomic E-state index is 0. The molecule has 0 aromatic carbocycles. The van der Waals surface area contributed by atoms with Crippen molar-refractivity contribution in [3.8, 4) is 0 Å². The molecule has 0 amide bonds. The third-order valence-corrected chi connectivity index (χ3v) is 5.63. The first-order valence-corrected chi connectivity index (χ1v) is 10.0. The summed E-state index contributed by atoms with van der Waals surface area (Å²) in [6.07, 6.45) is 1.98. The number of thiazole rings is 1. The van der Waals surface area contributed by atoms with E-state index in [-0.39, 0.29) is 29.4 Å². The molecule has 0 spiro atoms. The second kappa shape index (κ2) is 10.5. The number of aromatic nitrogens is 1. The van der Waals surface area contributed by atoms with Gasteiger partial charge in [-0.3, -0.25) is 4.99 Å². The first kappa shape index (κ1) is 22.4. The Morgan fingerprint density at radius 3 is 2.60 bits per heavy atom. The fourth-order valence-corrected chi connectivity index (χ4v) is 4.00. The van der Waals surface area contributed by atoms with E-state index in [1.807, 2.05) is 18.4 Å². The van der Waals surface area contributed by atoms with Crippen LogP contribution in [0.5, 0.6) is 0 Å². The highest BCUT2D eigenvalue weighted by atomic mass is 127. The van der Waals surface area contributed by atoms with Crippen molar-refractivity contribution < 1.29 is 0 Å². The number of nitrogens with one attached hydrogen (secondary N) is 1. The lowest BCUT2D eigenvalue weighted by molar-refractivity contribution is 0.487. The highest BCUT2D eigenvalue weighted by Gasteiger charge is 2.17. The van der Waals surface area contributed by atoms with Crippen LogP contribution in [0, 0.1) is 0 Å². The maximum Gasteiger partial charge on any atom is 0.193 e. The third-order valence-electron chi connectivity index (χ3n) is 3.79. The average Bonchev–Trinajstić information content (AvgIpc) is 3.20. The number of nitrogens with zero attached hydrogens (tertiary/aromatic N) is 3. The van der Waals surface area contributed by atoms with E-state index < -0.39 is 0 Å². The van der Waals surface area contributed by atoms with Crippen molar-refractivity contribution in [2.45, 2.75) is 39.0 Å². The lowest BCUT2D eigenvalue weighted by atomic mass is 9.93. The van der Waals surface area contributed by atoms with Crippen LogP contribution in [-0.2, 0) is 18.3 Å². The minimum atomic E-state index is 0. The SMILES string of the molecule is CN=C(NCCc1nc(C(C)(C)C)cs1)N(C)CCc1cccs1.I. The Morgan fingerprint density at radius 1 is 1.28 bits per heavy atom. The van der Waals surface area contributed by atoms with E-state index >= 15 is 0 Å². The summed E-state index contributed by atoms with van der Waals surface area (Å²) in [5.74, 6) is 0.944. The van der Waals surface area contributed by atoms with Crippen LogP contribution in [0.2, 0.25) is 0 Å². The third kappa shape index (κ3) is 7.22. The zero-order chi connectivity index (χ0) is 17.6. The van der Waals surface area contributed by atoms with Gasteiger partial charge in [0.25, 0.3) is 0 Å². The van der Waals surface area contributed by atoms with Crippen molar-refractivity contribution in [1.29, 1.82) is 0 Å². The molecule has 0 fully saturated rings. The molecule has 7 heteroatoms. The molecular weight excluding hydrogens is 463 g/mol. The zero-order valence-electron chi connectivity index (χ0n) is 15.7. The summed E-state index contributed by atoms with van der Waals surface area (Å²) < 4.78 is 0. The first-order valence-electron chi connectivity index (χ1n) is 8.29. The average molecular weight is 492 g/mol. The van der Waals surface area contributed by atoms with Gasteiger partial charge in [-0.05, 0) is 17.9 Å². The lowest BCUT2D eigenvalue weighted by Gasteiger charge is -2.21. The van der Waals surface area contributed by atoms with E-state index in [9.17, 15) is 0 Å². The van der Waals surface area contributed by atoms with Crippen molar-refractivity contribution in [3.05, 3.63) is 38.5 Å². The highest BCUT2D eigenvalue weighted by molar-refractivity contribution is 14.0. The summed E-state index contributed by atoms with van der Waals surface area (Å²) in [5, 5.41) is 8.93. The molecule has 0 aliphatic rings. The number of thiophene rings is 1. The fraction of sp³-hybridized carbons (Fsp3) is 0.556. The van der Waals surface area contributed by atoms with Crippen molar-refractivity contribution in [1.82, 2.24) is 15.2 Å². The van der Waals surface area contributed by atoms with Crippen LogP contribution in [0.15, 0.2) is 27.9 Å². The van der Waals surface area contributed by atoms with Crippen LogP contribution >= 0.6 is 46.7 Å². The van der Waals surface area contributed by atoms with Gasteiger partial charge in [0.15, 0.2) is 5.96 Å². The van der Waals surface area contributed by atoms with Crippen molar-refractivity contribution in [2.24, 2.45) is 4.99 Å². The maximum absolute atomic E-state index is 4.75. The van der Waals surface area contributed by atoms with Gasteiger partial charge in [-0.15, -0.1) is 46.7 Å². The van der Waals surface area contributed by atoms with Crippen molar-refractivity contribution in [2.75, 3.05) is 27.2 Å². The summed E-state index contributed by atoms with van der Waals surface area (Å²) in [6.45, 7) is 8.43. The quantitative estimate of drug-likeness (QED) is 0.369. The number of halogens is 1. The Labute approximate surface area is 176 Å². The van der Waals surface area contributed by atoms with Gasteiger partial charge in [0.05, 0.1) is 10.7 Å². The number of likely N-dealkylation sites (N-methyl/N-ethyl adjacent to an activating group) is 1. The van der Waals surface area contributed by atoms with Gasteiger partial charge in [-0.1, -0.05) is 26.8 Å². The number of aliphatic imine (C=N–C) groups is 1. The van der Waals surface area contributed by atoms with Crippen LogP contribution in [0.1, 0.15) is 36.3 Å². The molecule has 0 radical (unpaired) electrons. The minimum Gasteiger partial charge on any atom is -0.356 e. The summed E-state index contributed by atoms with van der Waals surface area (Å²) in [4.78, 5) is 12.7. The van der Waals surface area contributed by atoms with E-state index in [0.29, 0.717) is 0 Å². The predicted molar refractivity (Wildman–Crippen MR) is 122 cm³/mol. The van der Waals surface area contributed by atoms with Gasteiger partial charge in [0.2, 0.25) is 0 Å². The molecule has 2 aromatic heterocycles. The van der Waals surface area contributed by atoms with Gasteiger partial charge in [-0.25, -0.2) is 4.98 Å². The molecule has 2 aromatic rings. The second-order valence-corrected chi connectivity index (χ2v) is 8.83. The van der Waals surface area contributed by atoms with E-state index in [0.717, 1.165) is 31.9 Å². The molecule has 2 rings (SSSR count). The number of hydrogen-bond donors (Lipinski definition) is 1. The Morgan fingerprint density at radius 2 is 2.04 bits per heavy atom. The number of hydrogen-bond acceptors (Lipinski definition) is 4. The molecule has 2 heterocycles. The fourth-order valence-electron chi connectivity index (χ4n) is 2.27. The summed E-state index contributed by atoms with van der Waals surface area (Å²) in [5.41, 5.74) is 1.31. The molecule has 0 atom stereocenters. The molecule has 0 aliphatic heterocycles. The van der Waals surface area contributed by atoms with Gasteiger partial charge in [-0.2, -0.15) is 0 Å². The predicted octanol–water partition coefficient (Wildman–Crippen LogP) is 4.41. The van der Waals surface area contributed by atoms with Crippen LogP contribution in [0.4, 0.5) is 0 Å². The molecule has 0 saturated heterocycles. The molecule has 0 bridgehead atoms. The summed E-state index contributed by atoms with van der Waals surface area (Å²) in [7, 11) is 3.93. The molecule has 0 saturated carbocycles. The van der Waals surface area contributed by atoms with Gasteiger partial charge < -0.3 is 10.2 Å². The zero-order valence-corrected chi connectivity index (χ0v) is 19.7. The van der Waals surface area contributed by atoms with Crippen LogP contribution in [0.25, 0.3) is 0 Å².